The zero-order valence-corrected chi connectivity index (χ0v) is 52.3. The van der Waals surface area contributed by atoms with Gasteiger partial charge in [-0.1, -0.05) is 125 Å². The molecule has 2 nitrogen and oxygen atoms in total. The van der Waals surface area contributed by atoms with E-state index >= 15 is 0 Å². The molecule has 0 amide bonds. The van der Waals surface area contributed by atoms with Crippen LogP contribution in [-0.4, -0.2) is 9.97 Å². The van der Waals surface area contributed by atoms with Crippen LogP contribution in [0.1, 0.15) is 158 Å². The van der Waals surface area contributed by atoms with Crippen LogP contribution < -0.4 is 0 Å². The maximum Gasteiger partial charge on any atom is 0.0553 e. The highest BCUT2D eigenvalue weighted by Gasteiger charge is 2.26. The van der Waals surface area contributed by atoms with Crippen LogP contribution >= 0.6 is 45.3 Å². The van der Waals surface area contributed by atoms with Gasteiger partial charge < -0.3 is 9.97 Å². The van der Waals surface area contributed by atoms with Crippen molar-refractivity contribution in [1.29, 1.82) is 0 Å². The summed E-state index contributed by atoms with van der Waals surface area (Å²) < 4.78 is 10.5. The average molecular weight is 1100 g/mol. The lowest BCUT2D eigenvalue weighted by molar-refractivity contribution is 0.591. The lowest BCUT2D eigenvalue weighted by Crippen LogP contribution is -2.11. The smallest absolute Gasteiger partial charge is 0.0553 e. The molecule has 0 aliphatic carbocycles. The third-order valence-corrected chi connectivity index (χ3v) is 21.7. The predicted molar refractivity (Wildman–Crippen MR) is 355 cm³/mol. The summed E-state index contributed by atoms with van der Waals surface area (Å²) in [7, 11) is 0. The summed E-state index contributed by atoms with van der Waals surface area (Å²) in [6.45, 7) is 42.6. The van der Waals surface area contributed by atoms with Crippen LogP contribution in [0.3, 0.4) is 0 Å². The van der Waals surface area contributed by atoms with Gasteiger partial charge >= 0.3 is 0 Å². The van der Waals surface area contributed by atoms with Crippen LogP contribution in [0.5, 0.6) is 0 Å². The van der Waals surface area contributed by atoms with Crippen molar-refractivity contribution >= 4 is 170 Å². The Labute approximate surface area is 475 Å². The van der Waals surface area contributed by atoms with Gasteiger partial charge in [0.15, 0.2) is 0 Å². The van der Waals surface area contributed by atoms with Crippen LogP contribution in [-0.2, 0) is 32.5 Å². The van der Waals surface area contributed by atoms with Crippen molar-refractivity contribution in [2.45, 2.75) is 157 Å². The van der Waals surface area contributed by atoms with E-state index in [-0.39, 0.29) is 32.5 Å². The van der Waals surface area contributed by atoms with Gasteiger partial charge in [-0.2, -0.15) is 0 Å². The van der Waals surface area contributed by atoms with Crippen LogP contribution in [0.15, 0.2) is 109 Å². The van der Waals surface area contributed by atoms with Gasteiger partial charge in [-0.15, -0.1) is 45.3 Å². The molecular weight excluding hydrogens is 1020 g/mol. The topological polar surface area (TPSA) is 31.6 Å². The molecule has 2 N–H and O–H groups in total. The molecule has 12 bridgehead atoms. The van der Waals surface area contributed by atoms with Gasteiger partial charge in [-0.3, -0.25) is 0 Å². The molecule has 7 aromatic heterocycles. The number of aromatic nitrogens is 2. The monoisotopic (exact) mass is 1090 g/mol. The number of aromatic amines is 2. The summed E-state index contributed by atoms with van der Waals surface area (Å²) >= 11 is 7.80. The summed E-state index contributed by atoms with van der Waals surface area (Å²) in [4.78, 5) is 8.38. The summed E-state index contributed by atoms with van der Waals surface area (Å²) in [5, 5.41) is 15.6. The molecule has 13 aromatic rings. The lowest BCUT2D eigenvalue weighted by Gasteiger charge is -2.21. The van der Waals surface area contributed by atoms with Gasteiger partial charge in [0.2, 0.25) is 0 Å². The van der Waals surface area contributed by atoms with E-state index in [1.165, 1.54) is 158 Å². The molecule has 7 heterocycles. The summed E-state index contributed by atoms with van der Waals surface area (Å²) in [5.41, 5.74) is 12.5. The Kier molecular flexibility index (Phi) is 11.2. The van der Waals surface area contributed by atoms with E-state index in [0.717, 1.165) is 0 Å². The van der Waals surface area contributed by atoms with Gasteiger partial charge in [-0.25, -0.2) is 0 Å². The minimum atomic E-state index is -0.0691. The third kappa shape index (κ3) is 8.32. The zero-order chi connectivity index (χ0) is 55.3. The Balaban J connectivity index is 1.30. The van der Waals surface area contributed by atoms with Gasteiger partial charge in [0.1, 0.15) is 0 Å². The van der Waals surface area contributed by atoms with E-state index in [4.69, 9.17) is 0 Å². The molecule has 13 rings (SSSR count). The number of rotatable bonds is 0. The fourth-order valence-corrected chi connectivity index (χ4v) is 16.4. The number of benzene rings is 6. The predicted octanol–water partition coefficient (Wildman–Crippen LogP) is 23.9. The van der Waals surface area contributed by atoms with Crippen LogP contribution in [0, 0.1) is 0 Å². The highest BCUT2D eigenvalue weighted by Crippen LogP contribution is 2.49. The van der Waals surface area contributed by atoms with E-state index in [2.05, 4.69) is 244 Å². The number of nitrogens with one attached hydrogen (secondary N) is 2. The quantitative estimate of drug-likeness (QED) is 0.152. The van der Waals surface area contributed by atoms with Crippen molar-refractivity contribution in [2.75, 3.05) is 0 Å². The van der Waals surface area contributed by atoms with E-state index in [1.807, 2.05) is 45.3 Å². The number of hydrogen-bond acceptors (Lipinski definition) is 4. The molecule has 0 spiro atoms. The first-order valence-corrected chi connectivity index (χ1v) is 31.3. The largest absolute Gasteiger partial charge is 0.353 e. The number of fused-ring (bicyclic) bond motifs is 15. The summed E-state index contributed by atoms with van der Waals surface area (Å²) in [6.07, 6.45) is 0. The van der Waals surface area contributed by atoms with E-state index in [9.17, 15) is 0 Å². The maximum absolute atomic E-state index is 4.19. The highest BCUT2D eigenvalue weighted by atomic mass is 32.1. The van der Waals surface area contributed by atoms with Crippen molar-refractivity contribution in [3.8, 4) is 0 Å². The minimum absolute atomic E-state index is 0.0546. The second-order valence-corrected chi connectivity index (χ2v) is 33.2. The first kappa shape index (κ1) is 51.7. The Morgan fingerprint density at radius 3 is 0.615 bits per heavy atom. The van der Waals surface area contributed by atoms with Crippen LogP contribution in [0.25, 0.3) is 124 Å². The average Bonchev–Trinajstić information content (AvgIpc) is 4.38. The molecule has 6 heteroatoms. The van der Waals surface area contributed by atoms with Crippen molar-refractivity contribution in [3.63, 3.8) is 0 Å². The fraction of sp³-hybridized carbons (Fsp3) is 0.333. The molecule has 0 saturated heterocycles. The molecule has 0 aliphatic rings. The van der Waals surface area contributed by atoms with Crippen molar-refractivity contribution < 1.29 is 0 Å². The highest BCUT2D eigenvalue weighted by molar-refractivity contribution is 7.30. The first-order valence-electron chi connectivity index (χ1n) is 28.0. The Bertz CT molecular complexity index is 4050. The standard InChI is InChI=1S/C72H74N2S4/c1-67(2,3)37-25-43-45-27-39(69(7,8)9)33-51-57-21-23-59(76-57)53-35-41(71(13,14)15)29-47-48-30-42(72(16,17)18)36-54(66(48)78-65(47)53)60-24-22-58(77-60)52-34-40(70(10,11)12)28-46-44-26-38(68(4,5)6)32-50(62(44)74-64(46)52)56-20-19-55(75-56)49(31-37)61(43)73-63(45)51/h19-36,73-74H,1-18H3. The second-order valence-electron chi connectivity index (χ2n) is 28.9. The minimum Gasteiger partial charge on any atom is -0.353 e. The van der Waals surface area contributed by atoms with Crippen molar-refractivity contribution in [2.24, 2.45) is 0 Å². The molecule has 0 atom stereocenters. The molecule has 0 unspecified atom stereocenters. The molecule has 6 aromatic carbocycles. The van der Waals surface area contributed by atoms with Gasteiger partial charge in [-0.05, 0) is 175 Å². The van der Waals surface area contributed by atoms with Gasteiger partial charge in [0.05, 0.1) is 22.1 Å². The summed E-state index contributed by atoms with van der Waals surface area (Å²) in [5.74, 6) is 0. The number of H-pyrrole nitrogens is 2. The Morgan fingerprint density at radius 1 is 0.218 bits per heavy atom. The second kappa shape index (κ2) is 16.9. The van der Waals surface area contributed by atoms with Crippen LogP contribution in [0.4, 0.5) is 0 Å². The maximum atomic E-state index is 4.19. The lowest BCUT2D eigenvalue weighted by atomic mass is 9.84. The SMILES string of the molecule is CC(C)(C)c1cc2c3ccc(s3)c3cc(C(C)(C)C)cc4c5cc(C(C)(C)C)cc(c6ccc(s6)c6cc(C(C)(C)C)cc7c8cc(C(C)(C)C)cc(c9ccc(s9)c9cc(C(C)(C)C)cc%10c(c1)c2[nH]c9%10)c8sc67)c5[nH]c34. The Hall–Kier alpha value is -5.76. The number of thiophene rings is 4. The molecule has 0 saturated carbocycles. The fourth-order valence-electron chi connectivity index (χ4n) is 11.8. The molecule has 78 heavy (non-hydrogen) atoms. The van der Waals surface area contributed by atoms with Gasteiger partial charge in [0.25, 0.3) is 0 Å². The van der Waals surface area contributed by atoms with Crippen LogP contribution in [0.2, 0.25) is 0 Å². The molecule has 0 radical (unpaired) electrons. The van der Waals surface area contributed by atoms with Crippen molar-refractivity contribution in [3.05, 3.63) is 143 Å². The van der Waals surface area contributed by atoms with Crippen molar-refractivity contribution in [1.82, 2.24) is 9.97 Å². The van der Waals surface area contributed by atoms with E-state index < -0.39 is 0 Å². The molecule has 0 fully saturated rings. The third-order valence-electron chi connectivity index (χ3n) is 16.9. The van der Waals surface area contributed by atoms with E-state index in [1.54, 1.807) is 0 Å². The molecular formula is C72H74N2S4. The molecule has 396 valence electrons. The van der Waals surface area contributed by atoms with Gasteiger partial charge in [0, 0.05) is 102 Å². The summed E-state index contributed by atoms with van der Waals surface area (Å²) in [6, 6.07) is 44.4. The number of hydrogen-bond donors (Lipinski definition) is 2. The first-order chi connectivity index (χ1) is 36.4. The molecule has 0 aliphatic heterocycles. The Morgan fingerprint density at radius 2 is 0.397 bits per heavy atom. The normalized spacial score (nSPS) is 13.8. The zero-order valence-electron chi connectivity index (χ0n) is 49.0. The van der Waals surface area contributed by atoms with E-state index in [0.29, 0.717) is 0 Å².